The molecule has 1 heterocycles. The molecule has 0 spiro atoms. The first-order valence-corrected chi connectivity index (χ1v) is 10.7. The molecule has 1 atom stereocenters. The number of likely N-dealkylation sites (N-methyl/N-ethyl adjacent to an activating group) is 1. The van der Waals surface area contributed by atoms with Crippen LogP contribution in [0.1, 0.15) is 32.3 Å². The van der Waals surface area contributed by atoms with E-state index in [1.54, 1.807) is 49.2 Å². The van der Waals surface area contributed by atoms with Gasteiger partial charge in [0.15, 0.2) is 0 Å². The van der Waals surface area contributed by atoms with Gasteiger partial charge in [0.05, 0.1) is 5.84 Å². The summed E-state index contributed by atoms with van der Waals surface area (Å²) in [6.45, 7) is 5.23. The first-order chi connectivity index (χ1) is 15.2. The van der Waals surface area contributed by atoms with Gasteiger partial charge >= 0.3 is 5.97 Å². The van der Waals surface area contributed by atoms with E-state index in [1.807, 2.05) is 25.1 Å². The molecule has 0 unspecified atom stereocenters. The van der Waals surface area contributed by atoms with Crippen LogP contribution in [0.15, 0.2) is 48.5 Å². The second-order valence-electron chi connectivity index (χ2n) is 8.03. The quantitative estimate of drug-likeness (QED) is 0.265. The van der Waals surface area contributed by atoms with Gasteiger partial charge in [0.25, 0.3) is 0 Å². The third kappa shape index (κ3) is 5.78. The summed E-state index contributed by atoms with van der Waals surface area (Å²) in [7, 11) is 1.80. The molecule has 32 heavy (non-hydrogen) atoms. The number of hydrogen-bond acceptors (Lipinski definition) is 6. The van der Waals surface area contributed by atoms with Crippen molar-refractivity contribution in [2.75, 3.05) is 25.0 Å². The van der Waals surface area contributed by atoms with Crippen molar-refractivity contribution < 1.29 is 14.3 Å². The Morgan fingerprint density at radius 3 is 2.34 bits per heavy atom. The van der Waals surface area contributed by atoms with E-state index in [-0.39, 0.29) is 17.9 Å². The second-order valence-corrected chi connectivity index (χ2v) is 8.03. The van der Waals surface area contributed by atoms with E-state index in [4.69, 9.17) is 26.0 Å². The highest BCUT2D eigenvalue weighted by atomic mass is 16.5. The summed E-state index contributed by atoms with van der Waals surface area (Å²) in [5.41, 5.74) is 6.94. The molecule has 0 radical (unpaired) electrons. The van der Waals surface area contributed by atoms with Crippen molar-refractivity contribution in [3.05, 3.63) is 54.1 Å². The van der Waals surface area contributed by atoms with E-state index in [2.05, 4.69) is 4.90 Å². The third-order valence-corrected chi connectivity index (χ3v) is 5.75. The Bertz CT molecular complexity index is 968. The van der Waals surface area contributed by atoms with E-state index in [0.29, 0.717) is 17.1 Å². The van der Waals surface area contributed by atoms with E-state index < -0.39 is 6.04 Å². The fraction of sp³-hybridized carbons (Fsp3) is 0.375. The van der Waals surface area contributed by atoms with Crippen molar-refractivity contribution in [3.63, 3.8) is 0 Å². The Labute approximate surface area is 188 Å². The maximum absolute atomic E-state index is 12.6. The van der Waals surface area contributed by atoms with E-state index >= 15 is 0 Å². The van der Waals surface area contributed by atoms with Gasteiger partial charge in [-0.3, -0.25) is 10.8 Å². The molecule has 1 aliphatic rings. The Balaban J connectivity index is 1.54. The number of rotatable bonds is 7. The zero-order valence-electron chi connectivity index (χ0n) is 18.8. The molecule has 2 aromatic rings. The summed E-state index contributed by atoms with van der Waals surface area (Å²) in [5.74, 6) is 1.38. The van der Waals surface area contributed by atoms with Crippen LogP contribution in [-0.2, 0) is 4.79 Å². The summed E-state index contributed by atoms with van der Waals surface area (Å²) in [6, 6.07) is 13.7. The van der Waals surface area contributed by atoms with Gasteiger partial charge in [0, 0.05) is 44.2 Å². The standard InChI is InChI=1S/C24H31N5O3/c1-16(28(3)19-6-4-5-18(15-19)23(26)27)24(30)32-21-9-7-20(8-10-21)31-22-11-13-29(14-12-22)17(2)25/h4-10,15-16,22,25H,11-14H2,1-3H3,(H3,26,27)/t16-/m1/s1. The average molecular weight is 438 g/mol. The van der Waals surface area contributed by atoms with Crippen LogP contribution in [0.4, 0.5) is 5.69 Å². The van der Waals surface area contributed by atoms with Crippen molar-refractivity contribution in [2.24, 2.45) is 5.73 Å². The maximum Gasteiger partial charge on any atom is 0.333 e. The molecule has 0 bridgehead atoms. The van der Waals surface area contributed by atoms with Crippen molar-refractivity contribution in [3.8, 4) is 11.5 Å². The number of piperidine rings is 1. The minimum atomic E-state index is -0.532. The molecule has 4 N–H and O–H groups in total. The Hall–Kier alpha value is -3.55. The molecule has 0 aromatic heterocycles. The highest BCUT2D eigenvalue weighted by Crippen LogP contribution is 2.23. The zero-order chi connectivity index (χ0) is 23.3. The number of benzene rings is 2. The van der Waals surface area contributed by atoms with Crippen LogP contribution >= 0.6 is 0 Å². The highest BCUT2D eigenvalue weighted by Gasteiger charge is 2.22. The van der Waals surface area contributed by atoms with Crippen molar-refractivity contribution in [1.82, 2.24) is 4.90 Å². The molecule has 1 fully saturated rings. The summed E-state index contributed by atoms with van der Waals surface area (Å²) < 4.78 is 11.6. The fourth-order valence-electron chi connectivity index (χ4n) is 3.56. The van der Waals surface area contributed by atoms with Crippen molar-refractivity contribution >= 4 is 23.3 Å². The highest BCUT2D eigenvalue weighted by molar-refractivity contribution is 5.96. The summed E-state index contributed by atoms with van der Waals surface area (Å²) in [4.78, 5) is 16.5. The molecular weight excluding hydrogens is 406 g/mol. The predicted molar refractivity (Wildman–Crippen MR) is 126 cm³/mol. The topological polar surface area (TPSA) is 116 Å². The van der Waals surface area contributed by atoms with Gasteiger partial charge in [0.2, 0.25) is 0 Å². The molecular formula is C24H31N5O3. The van der Waals surface area contributed by atoms with Crippen molar-refractivity contribution in [1.29, 1.82) is 10.8 Å². The lowest BCUT2D eigenvalue weighted by molar-refractivity contribution is -0.135. The van der Waals surface area contributed by atoms with E-state index in [0.717, 1.165) is 37.4 Å². The molecule has 1 aliphatic heterocycles. The van der Waals surface area contributed by atoms with Crippen LogP contribution in [0.3, 0.4) is 0 Å². The van der Waals surface area contributed by atoms with Crippen LogP contribution in [0.25, 0.3) is 0 Å². The van der Waals surface area contributed by atoms with Gasteiger partial charge in [-0.25, -0.2) is 4.79 Å². The lowest BCUT2D eigenvalue weighted by Gasteiger charge is -2.32. The molecule has 8 heteroatoms. The molecule has 2 aromatic carbocycles. The van der Waals surface area contributed by atoms with Gasteiger partial charge in [-0.2, -0.15) is 0 Å². The number of amidine groups is 2. The lowest BCUT2D eigenvalue weighted by Crippen LogP contribution is -2.40. The van der Waals surface area contributed by atoms with Gasteiger partial charge in [-0.05, 0) is 50.2 Å². The Morgan fingerprint density at radius 2 is 1.75 bits per heavy atom. The van der Waals surface area contributed by atoms with E-state index in [9.17, 15) is 4.79 Å². The number of ether oxygens (including phenoxy) is 2. The molecule has 8 nitrogen and oxygen atoms in total. The van der Waals surface area contributed by atoms with Gasteiger partial charge in [-0.15, -0.1) is 0 Å². The summed E-state index contributed by atoms with van der Waals surface area (Å²) in [6.07, 6.45) is 1.88. The average Bonchev–Trinajstić information content (AvgIpc) is 2.79. The number of esters is 1. The normalized spacial score (nSPS) is 15.0. The molecule has 1 saturated heterocycles. The summed E-state index contributed by atoms with van der Waals surface area (Å²) in [5, 5.41) is 15.3. The molecule has 3 rings (SSSR count). The van der Waals surface area contributed by atoms with Gasteiger partial charge in [-0.1, -0.05) is 12.1 Å². The van der Waals surface area contributed by atoms with Crippen LogP contribution in [0.5, 0.6) is 11.5 Å². The van der Waals surface area contributed by atoms with Gasteiger partial charge in [0.1, 0.15) is 29.5 Å². The first kappa shape index (κ1) is 23.1. The van der Waals surface area contributed by atoms with Crippen LogP contribution < -0.4 is 20.1 Å². The Morgan fingerprint density at radius 1 is 1.12 bits per heavy atom. The number of nitrogen functional groups attached to an aromatic ring is 1. The molecule has 170 valence electrons. The minimum absolute atomic E-state index is 0.0202. The molecule has 0 aliphatic carbocycles. The minimum Gasteiger partial charge on any atom is -0.490 e. The van der Waals surface area contributed by atoms with Crippen molar-refractivity contribution in [2.45, 2.75) is 38.8 Å². The monoisotopic (exact) mass is 437 g/mol. The number of carbonyl (C=O) groups is 1. The number of anilines is 1. The molecule has 0 saturated carbocycles. The van der Waals surface area contributed by atoms with E-state index in [1.165, 1.54) is 0 Å². The largest absolute Gasteiger partial charge is 0.490 e. The summed E-state index contributed by atoms with van der Waals surface area (Å²) >= 11 is 0. The maximum atomic E-state index is 12.6. The fourth-order valence-corrected chi connectivity index (χ4v) is 3.56. The smallest absolute Gasteiger partial charge is 0.333 e. The number of hydrogen-bond donors (Lipinski definition) is 3. The number of carbonyl (C=O) groups excluding carboxylic acids is 1. The number of nitrogens with two attached hydrogens (primary N) is 1. The number of nitrogens with one attached hydrogen (secondary N) is 2. The first-order valence-electron chi connectivity index (χ1n) is 10.7. The Kier molecular flexibility index (Phi) is 7.35. The number of nitrogens with zero attached hydrogens (tertiary/aromatic N) is 2. The number of likely N-dealkylation sites (tertiary alicyclic amines) is 1. The molecule has 0 amide bonds. The van der Waals surface area contributed by atoms with Crippen LogP contribution in [0, 0.1) is 10.8 Å². The lowest BCUT2D eigenvalue weighted by atomic mass is 10.1. The zero-order valence-corrected chi connectivity index (χ0v) is 18.8. The second kappa shape index (κ2) is 10.2. The van der Waals surface area contributed by atoms with Gasteiger partial charge < -0.3 is 25.0 Å². The van der Waals surface area contributed by atoms with Crippen LogP contribution in [0.2, 0.25) is 0 Å². The van der Waals surface area contributed by atoms with Crippen LogP contribution in [-0.4, -0.2) is 54.8 Å². The third-order valence-electron chi connectivity index (χ3n) is 5.75. The predicted octanol–water partition coefficient (Wildman–Crippen LogP) is 3.24. The SMILES string of the molecule is CC(=N)N1CCC(Oc2ccc(OC(=O)[C@@H](C)N(C)c3cccc(C(=N)N)c3)cc2)CC1.